The molecule has 1 amide bonds. The predicted molar refractivity (Wildman–Crippen MR) is 96.0 cm³/mol. The molecule has 3 rings (SSSR count). The number of fused-ring (bicyclic) bond motifs is 1. The van der Waals surface area contributed by atoms with E-state index in [0.29, 0.717) is 6.54 Å². The molecule has 2 aromatic rings. The molecule has 0 saturated carbocycles. The number of carbonyl (C=O) groups is 2. The number of rotatable bonds is 5. The number of nitrogens with zero attached hydrogens (tertiary/aromatic N) is 1. The summed E-state index contributed by atoms with van der Waals surface area (Å²) in [5, 5.41) is 9.49. The zero-order chi connectivity index (χ0) is 17.8. The van der Waals surface area contributed by atoms with Crippen molar-refractivity contribution in [2.24, 2.45) is 0 Å². The minimum absolute atomic E-state index is 0.0615. The maximum absolute atomic E-state index is 12.6. The summed E-state index contributed by atoms with van der Waals surface area (Å²) in [7, 11) is 1.60. The van der Waals surface area contributed by atoms with Crippen molar-refractivity contribution in [1.82, 2.24) is 4.90 Å². The number of carboxylic acid groups (broad SMARTS) is 1. The van der Waals surface area contributed by atoms with Gasteiger partial charge in [-0.1, -0.05) is 30.3 Å². The predicted octanol–water partition coefficient (Wildman–Crippen LogP) is 3.00. The van der Waals surface area contributed by atoms with E-state index in [1.807, 2.05) is 48.5 Å². The largest absolute Gasteiger partial charge is 0.497 e. The molecule has 1 unspecified atom stereocenters. The number of hydrogen-bond acceptors (Lipinski definition) is 4. The van der Waals surface area contributed by atoms with Gasteiger partial charge in [-0.25, -0.2) is 0 Å². The zero-order valence-corrected chi connectivity index (χ0v) is 14.7. The quantitative estimate of drug-likeness (QED) is 0.833. The van der Waals surface area contributed by atoms with Gasteiger partial charge in [0, 0.05) is 18.0 Å². The molecule has 0 spiro atoms. The van der Waals surface area contributed by atoms with Crippen molar-refractivity contribution in [2.45, 2.75) is 17.4 Å². The van der Waals surface area contributed by atoms with Gasteiger partial charge < -0.3 is 14.7 Å². The summed E-state index contributed by atoms with van der Waals surface area (Å²) in [6, 6.07) is 15.0. The van der Waals surface area contributed by atoms with E-state index in [0.717, 1.165) is 21.8 Å². The fourth-order valence-corrected chi connectivity index (χ4v) is 3.78. The van der Waals surface area contributed by atoms with Crippen LogP contribution in [0.1, 0.15) is 17.0 Å². The van der Waals surface area contributed by atoms with E-state index in [2.05, 4.69) is 0 Å². The molecule has 1 atom stereocenters. The van der Waals surface area contributed by atoms with Crippen LogP contribution in [0.4, 0.5) is 0 Å². The van der Waals surface area contributed by atoms with E-state index >= 15 is 0 Å². The molecule has 5 nitrogen and oxygen atoms in total. The molecular formula is C19H19NO4S. The third-order valence-electron chi connectivity index (χ3n) is 4.25. The van der Waals surface area contributed by atoms with Crippen molar-refractivity contribution in [2.75, 3.05) is 19.4 Å². The van der Waals surface area contributed by atoms with Crippen molar-refractivity contribution in [1.29, 1.82) is 0 Å². The standard InChI is InChI=1S/C19H19NO4S/c1-24-14-6-4-7-15(9-14)25-12-18(21)20-10-13-5-2-3-8-16(13)17(11-20)19(22)23/h2-9,17H,10-12H2,1H3,(H,22,23). The molecule has 0 radical (unpaired) electrons. The lowest BCUT2D eigenvalue weighted by Crippen LogP contribution is -2.41. The van der Waals surface area contributed by atoms with Crippen LogP contribution in [0, 0.1) is 0 Å². The molecule has 1 aliphatic heterocycles. The molecule has 0 aromatic heterocycles. The van der Waals surface area contributed by atoms with Gasteiger partial charge in [-0.3, -0.25) is 9.59 Å². The molecule has 0 fully saturated rings. The van der Waals surface area contributed by atoms with Gasteiger partial charge in [0.05, 0.1) is 18.8 Å². The van der Waals surface area contributed by atoms with Crippen LogP contribution >= 0.6 is 11.8 Å². The molecule has 6 heteroatoms. The van der Waals surface area contributed by atoms with E-state index in [1.165, 1.54) is 11.8 Å². The first kappa shape index (κ1) is 17.4. The number of carboxylic acids is 1. The average molecular weight is 357 g/mol. The number of amides is 1. The third-order valence-corrected chi connectivity index (χ3v) is 5.23. The second-order valence-corrected chi connectivity index (χ2v) is 6.88. The zero-order valence-electron chi connectivity index (χ0n) is 13.8. The Hall–Kier alpha value is -2.47. The molecule has 1 aliphatic rings. The van der Waals surface area contributed by atoms with E-state index in [4.69, 9.17) is 4.74 Å². The molecular weight excluding hydrogens is 338 g/mol. The van der Waals surface area contributed by atoms with E-state index < -0.39 is 11.9 Å². The van der Waals surface area contributed by atoms with E-state index in [9.17, 15) is 14.7 Å². The van der Waals surface area contributed by atoms with Crippen LogP contribution in [0.5, 0.6) is 5.75 Å². The van der Waals surface area contributed by atoms with Gasteiger partial charge >= 0.3 is 5.97 Å². The molecule has 2 aromatic carbocycles. The number of hydrogen-bond donors (Lipinski definition) is 1. The highest BCUT2D eigenvalue weighted by Gasteiger charge is 2.32. The Balaban J connectivity index is 1.69. The summed E-state index contributed by atoms with van der Waals surface area (Å²) < 4.78 is 5.18. The number of methoxy groups -OCH3 is 1. The van der Waals surface area contributed by atoms with Gasteiger partial charge in [0.25, 0.3) is 0 Å². The smallest absolute Gasteiger partial charge is 0.312 e. The van der Waals surface area contributed by atoms with Crippen molar-refractivity contribution >= 4 is 23.6 Å². The second kappa shape index (κ2) is 7.61. The lowest BCUT2D eigenvalue weighted by atomic mass is 9.90. The van der Waals surface area contributed by atoms with Crippen LogP contribution in [-0.4, -0.2) is 41.3 Å². The van der Waals surface area contributed by atoms with Gasteiger partial charge in [0.2, 0.25) is 5.91 Å². The maximum atomic E-state index is 12.6. The van der Waals surface area contributed by atoms with Crippen LogP contribution in [0.3, 0.4) is 0 Å². The SMILES string of the molecule is COc1cccc(SCC(=O)N2Cc3ccccc3C(C(=O)O)C2)c1. The highest BCUT2D eigenvalue weighted by atomic mass is 32.2. The topological polar surface area (TPSA) is 66.8 Å². The molecule has 25 heavy (non-hydrogen) atoms. The summed E-state index contributed by atoms with van der Waals surface area (Å²) in [6.07, 6.45) is 0. The molecule has 0 aliphatic carbocycles. The van der Waals surface area contributed by atoms with Crippen molar-refractivity contribution in [3.05, 3.63) is 59.7 Å². The molecule has 0 saturated heterocycles. The monoisotopic (exact) mass is 357 g/mol. The van der Waals surface area contributed by atoms with Gasteiger partial charge in [-0.2, -0.15) is 0 Å². The lowest BCUT2D eigenvalue weighted by Gasteiger charge is -2.32. The van der Waals surface area contributed by atoms with Crippen LogP contribution in [-0.2, 0) is 16.1 Å². The first-order valence-corrected chi connectivity index (χ1v) is 8.92. The summed E-state index contributed by atoms with van der Waals surface area (Å²) in [4.78, 5) is 26.7. The number of aliphatic carboxylic acids is 1. The Morgan fingerprint density at radius 3 is 2.80 bits per heavy atom. The Kier molecular flexibility index (Phi) is 5.28. The normalized spacial score (nSPS) is 16.2. The number of ether oxygens (including phenoxy) is 1. The van der Waals surface area contributed by atoms with Crippen LogP contribution in [0.2, 0.25) is 0 Å². The Labute approximate surface area is 150 Å². The maximum Gasteiger partial charge on any atom is 0.312 e. The number of benzene rings is 2. The highest BCUT2D eigenvalue weighted by molar-refractivity contribution is 8.00. The third kappa shape index (κ3) is 3.96. The lowest BCUT2D eigenvalue weighted by molar-refractivity contribution is -0.140. The fourth-order valence-electron chi connectivity index (χ4n) is 2.94. The summed E-state index contributed by atoms with van der Waals surface area (Å²) in [6.45, 7) is 0.668. The van der Waals surface area contributed by atoms with Crippen molar-refractivity contribution in [3.8, 4) is 5.75 Å². The van der Waals surface area contributed by atoms with Crippen LogP contribution in [0.25, 0.3) is 0 Å². The molecule has 0 bridgehead atoms. The Bertz CT molecular complexity index is 792. The average Bonchev–Trinajstić information content (AvgIpc) is 2.65. The summed E-state index contributed by atoms with van der Waals surface area (Å²) in [5.74, 6) is -0.619. The number of thioether (sulfide) groups is 1. The molecule has 1 N–H and O–H groups in total. The Morgan fingerprint density at radius 1 is 1.24 bits per heavy atom. The van der Waals surface area contributed by atoms with Gasteiger partial charge in [-0.05, 0) is 29.3 Å². The second-order valence-electron chi connectivity index (χ2n) is 5.83. The van der Waals surface area contributed by atoms with Crippen molar-refractivity contribution < 1.29 is 19.4 Å². The fraction of sp³-hybridized carbons (Fsp3) is 0.263. The van der Waals surface area contributed by atoms with Crippen LogP contribution < -0.4 is 4.74 Å². The molecule has 130 valence electrons. The van der Waals surface area contributed by atoms with Gasteiger partial charge in [-0.15, -0.1) is 11.8 Å². The minimum atomic E-state index is -0.898. The first-order chi connectivity index (χ1) is 12.1. The first-order valence-electron chi connectivity index (χ1n) is 7.93. The summed E-state index contributed by atoms with van der Waals surface area (Å²) >= 11 is 1.42. The molecule has 1 heterocycles. The van der Waals surface area contributed by atoms with Gasteiger partial charge in [0.15, 0.2) is 0 Å². The minimum Gasteiger partial charge on any atom is -0.497 e. The summed E-state index contributed by atoms with van der Waals surface area (Å²) in [5.41, 5.74) is 1.71. The highest BCUT2D eigenvalue weighted by Crippen LogP contribution is 2.30. The van der Waals surface area contributed by atoms with E-state index in [1.54, 1.807) is 12.0 Å². The number of carbonyl (C=O) groups excluding carboxylic acids is 1. The van der Waals surface area contributed by atoms with E-state index in [-0.39, 0.29) is 18.2 Å². The van der Waals surface area contributed by atoms with Gasteiger partial charge in [0.1, 0.15) is 5.75 Å². The van der Waals surface area contributed by atoms with Crippen molar-refractivity contribution in [3.63, 3.8) is 0 Å². The Morgan fingerprint density at radius 2 is 2.04 bits per heavy atom. The van der Waals surface area contributed by atoms with Crippen LogP contribution in [0.15, 0.2) is 53.4 Å².